The van der Waals surface area contributed by atoms with Gasteiger partial charge in [-0.05, 0) is 36.4 Å². The van der Waals surface area contributed by atoms with Crippen molar-refractivity contribution < 1.29 is 19.2 Å². The van der Waals surface area contributed by atoms with E-state index in [1.54, 1.807) is 36.4 Å². The molecule has 2 aliphatic heterocycles. The number of nitrogens with zero attached hydrogens (tertiary/aromatic N) is 3. The molecule has 1 fully saturated rings. The van der Waals surface area contributed by atoms with Gasteiger partial charge in [0.05, 0.1) is 21.7 Å². The fourth-order valence-corrected chi connectivity index (χ4v) is 5.33. The van der Waals surface area contributed by atoms with Gasteiger partial charge in [0.25, 0.3) is 5.91 Å². The molecule has 30 heavy (non-hydrogen) atoms. The van der Waals surface area contributed by atoms with Gasteiger partial charge in [0.15, 0.2) is 5.54 Å². The van der Waals surface area contributed by atoms with Gasteiger partial charge in [-0.25, -0.2) is 9.69 Å². The maximum atomic E-state index is 13.5. The van der Waals surface area contributed by atoms with Crippen molar-refractivity contribution in [1.82, 2.24) is 10.3 Å². The summed E-state index contributed by atoms with van der Waals surface area (Å²) in [5.41, 5.74) is -0.00358. The number of hydrogen-bond acceptors (Lipinski definition) is 7. The van der Waals surface area contributed by atoms with Crippen molar-refractivity contribution in [3.05, 3.63) is 64.3 Å². The van der Waals surface area contributed by atoms with Gasteiger partial charge in [0, 0.05) is 31.7 Å². The molecule has 1 aromatic carbocycles. The van der Waals surface area contributed by atoms with Crippen molar-refractivity contribution in [2.45, 2.75) is 5.54 Å². The van der Waals surface area contributed by atoms with Gasteiger partial charge in [0.2, 0.25) is 11.6 Å². The van der Waals surface area contributed by atoms with E-state index in [1.807, 2.05) is 19.0 Å². The van der Waals surface area contributed by atoms with Crippen LogP contribution in [0.5, 0.6) is 0 Å². The zero-order valence-electron chi connectivity index (χ0n) is 16.1. The number of nitrogens with one attached hydrogen (secondary N) is 1. The Morgan fingerprint density at radius 3 is 2.50 bits per heavy atom. The topological polar surface area (TPSA) is 99.7 Å². The number of carbonyl (C=O) groups excluding carboxylic acids is 4. The highest BCUT2D eigenvalue weighted by atomic mass is 32.2. The van der Waals surface area contributed by atoms with Gasteiger partial charge in [-0.1, -0.05) is 0 Å². The fraction of sp³-hybridized carbons (Fsp3) is 0.190. The van der Waals surface area contributed by atoms with Crippen molar-refractivity contribution in [1.29, 1.82) is 0 Å². The average Bonchev–Trinajstić information content (AvgIpc) is 3.24. The molecule has 1 aliphatic carbocycles. The van der Waals surface area contributed by atoms with Crippen LogP contribution in [0.15, 0.2) is 53.1 Å². The number of amides is 3. The third-order valence-corrected chi connectivity index (χ3v) is 6.76. The van der Waals surface area contributed by atoms with Crippen LogP contribution in [0.3, 0.4) is 0 Å². The van der Waals surface area contributed by atoms with Crippen molar-refractivity contribution in [3.63, 3.8) is 0 Å². The van der Waals surface area contributed by atoms with E-state index in [-0.39, 0.29) is 33.3 Å². The maximum absolute atomic E-state index is 13.5. The summed E-state index contributed by atoms with van der Waals surface area (Å²) in [6.45, 7) is 0. The first-order chi connectivity index (χ1) is 14.3. The van der Waals surface area contributed by atoms with Crippen LogP contribution in [-0.2, 0) is 4.79 Å². The molecule has 3 aliphatic rings. The van der Waals surface area contributed by atoms with Gasteiger partial charge in [-0.15, -0.1) is 11.8 Å². The summed E-state index contributed by atoms with van der Waals surface area (Å²) in [7, 11) is 3.78. The molecule has 1 aromatic heterocycles. The van der Waals surface area contributed by atoms with E-state index in [0.717, 1.165) is 22.3 Å². The standard InChI is InChI=1S/C21H16N4O4S/c1-24(2)11-5-7-12(8-6-11)25-19(28)21(23-20(25)29)10-30-18-14(21)17(27)15-13(16(18)26)4-3-9-22-15/h3-9H,10H2,1-2H3,(H,23,29). The number of pyridine rings is 1. The molecule has 3 amide bonds. The Labute approximate surface area is 175 Å². The van der Waals surface area contributed by atoms with Crippen LogP contribution in [0, 0.1) is 0 Å². The van der Waals surface area contributed by atoms with Crippen LogP contribution in [0.4, 0.5) is 16.2 Å². The Hall–Kier alpha value is -3.46. The Bertz CT molecular complexity index is 1190. The number of anilines is 2. The molecule has 0 saturated carbocycles. The molecule has 1 spiro atoms. The summed E-state index contributed by atoms with van der Waals surface area (Å²) in [6, 6.07) is 9.45. The lowest BCUT2D eigenvalue weighted by Crippen LogP contribution is -2.52. The first-order valence-corrected chi connectivity index (χ1v) is 10.2. The van der Waals surface area contributed by atoms with Gasteiger partial charge >= 0.3 is 6.03 Å². The number of aromatic nitrogens is 1. The number of Topliss-reactive ketones (excluding diaryl/α,β-unsaturated/α-hetero) is 2. The predicted molar refractivity (Wildman–Crippen MR) is 112 cm³/mol. The Morgan fingerprint density at radius 1 is 1.07 bits per heavy atom. The third-order valence-electron chi connectivity index (χ3n) is 5.50. The number of urea groups is 1. The number of imide groups is 1. The summed E-state index contributed by atoms with van der Waals surface area (Å²) < 4.78 is 0. The molecule has 1 atom stereocenters. The Balaban J connectivity index is 1.58. The molecule has 8 nitrogen and oxygen atoms in total. The fourth-order valence-electron chi connectivity index (χ4n) is 3.98. The normalized spacial score (nSPS) is 22.5. The second-order valence-corrected chi connectivity index (χ2v) is 8.42. The molecule has 1 saturated heterocycles. The van der Waals surface area contributed by atoms with Crippen molar-refractivity contribution in [3.8, 4) is 0 Å². The molecular weight excluding hydrogens is 404 g/mol. The van der Waals surface area contributed by atoms with E-state index in [4.69, 9.17) is 0 Å². The quantitative estimate of drug-likeness (QED) is 0.742. The molecule has 2 aromatic rings. The molecule has 5 rings (SSSR count). The number of hydrogen-bond donors (Lipinski definition) is 1. The number of fused-ring (bicyclic) bond motifs is 2. The van der Waals surface area contributed by atoms with Gasteiger partial charge < -0.3 is 10.2 Å². The zero-order chi connectivity index (χ0) is 21.2. The highest BCUT2D eigenvalue weighted by Gasteiger charge is 2.61. The van der Waals surface area contributed by atoms with Gasteiger partial charge in [-0.3, -0.25) is 19.4 Å². The number of carbonyl (C=O) groups is 4. The minimum absolute atomic E-state index is 0.0129. The van der Waals surface area contributed by atoms with Crippen molar-refractivity contribution in [2.75, 3.05) is 29.6 Å². The van der Waals surface area contributed by atoms with E-state index < -0.39 is 23.3 Å². The van der Waals surface area contributed by atoms with Crippen LogP contribution in [0.1, 0.15) is 20.8 Å². The lowest BCUT2D eigenvalue weighted by atomic mass is 9.81. The lowest BCUT2D eigenvalue weighted by Gasteiger charge is -2.25. The van der Waals surface area contributed by atoms with E-state index in [1.165, 1.54) is 6.20 Å². The van der Waals surface area contributed by atoms with Crippen LogP contribution < -0.4 is 15.1 Å². The predicted octanol–water partition coefficient (Wildman–Crippen LogP) is 2.02. The molecular formula is C21H16N4O4S. The average molecular weight is 420 g/mol. The van der Waals surface area contributed by atoms with Crippen LogP contribution >= 0.6 is 11.8 Å². The summed E-state index contributed by atoms with van der Waals surface area (Å²) >= 11 is 1.12. The highest BCUT2D eigenvalue weighted by molar-refractivity contribution is 8.04. The summed E-state index contributed by atoms with van der Waals surface area (Å²) in [5, 5.41) is 2.69. The molecule has 0 radical (unpaired) electrons. The van der Waals surface area contributed by atoms with Crippen LogP contribution in [0.2, 0.25) is 0 Å². The van der Waals surface area contributed by atoms with E-state index in [9.17, 15) is 19.2 Å². The largest absolute Gasteiger partial charge is 0.378 e. The summed E-state index contributed by atoms with van der Waals surface area (Å²) in [5.74, 6) is -1.32. The van der Waals surface area contributed by atoms with E-state index >= 15 is 0 Å². The SMILES string of the molecule is CN(C)c1ccc(N2C(=O)NC3(CSC4=C3C(=O)c3ncccc3C4=O)C2=O)cc1. The number of rotatable bonds is 2. The maximum Gasteiger partial charge on any atom is 0.329 e. The lowest BCUT2D eigenvalue weighted by molar-refractivity contribution is -0.120. The number of thioether (sulfide) groups is 1. The van der Waals surface area contributed by atoms with Gasteiger partial charge in [0.1, 0.15) is 5.69 Å². The van der Waals surface area contributed by atoms with Gasteiger partial charge in [-0.2, -0.15) is 0 Å². The van der Waals surface area contributed by atoms with E-state index in [2.05, 4.69) is 10.3 Å². The molecule has 150 valence electrons. The third kappa shape index (κ3) is 2.32. The minimum Gasteiger partial charge on any atom is -0.378 e. The second-order valence-electron chi connectivity index (χ2n) is 7.44. The van der Waals surface area contributed by atoms with Crippen molar-refractivity contribution in [2.24, 2.45) is 0 Å². The first-order valence-electron chi connectivity index (χ1n) is 9.21. The van der Waals surface area contributed by atoms with E-state index in [0.29, 0.717) is 5.69 Å². The smallest absolute Gasteiger partial charge is 0.329 e. The molecule has 0 bridgehead atoms. The summed E-state index contributed by atoms with van der Waals surface area (Å²) in [4.78, 5) is 59.6. The number of ketones is 2. The molecule has 9 heteroatoms. The summed E-state index contributed by atoms with van der Waals surface area (Å²) in [6.07, 6.45) is 1.43. The minimum atomic E-state index is -1.57. The molecule has 1 unspecified atom stereocenters. The molecule has 3 heterocycles. The van der Waals surface area contributed by atoms with Crippen LogP contribution in [-0.4, -0.2) is 53.9 Å². The zero-order valence-corrected chi connectivity index (χ0v) is 16.9. The molecule has 1 N–H and O–H groups in total. The highest BCUT2D eigenvalue weighted by Crippen LogP contribution is 2.48. The van der Waals surface area contributed by atoms with Crippen LogP contribution in [0.25, 0.3) is 0 Å². The second kappa shape index (κ2) is 6.27. The van der Waals surface area contributed by atoms with Crippen molar-refractivity contribution >= 4 is 46.6 Å². The monoisotopic (exact) mass is 420 g/mol. The Kier molecular flexibility index (Phi) is 3.88. The first kappa shape index (κ1) is 18.6. The Morgan fingerprint density at radius 2 is 1.80 bits per heavy atom. The number of allylic oxidation sites excluding steroid dienone is 1. The number of benzene rings is 1.